The average molecular weight is 452 g/mol. The van der Waals surface area contributed by atoms with E-state index < -0.39 is 0 Å². The van der Waals surface area contributed by atoms with E-state index in [1.165, 1.54) is 37.0 Å². The molecule has 0 radical (unpaired) electrons. The molecule has 1 saturated carbocycles. The average Bonchev–Trinajstić information content (AvgIpc) is 3.42. The first-order chi connectivity index (χ1) is 15.2. The van der Waals surface area contributed by atoms with Crippen LogP contribution in [0.4, 0.5) is 0 Å². The molecule has 160 valence electrons. The van der Waals surface area contributed by atoms with Crippen LogP contribution in [0.25, 0.3) is 11.0 Å². The number of aromatic nitrogens is 3. The van der Waals surface area contributed by atoms with Gasteiger partial charge in [0, 0.05) is 34.5 Å². The molecule has 0 unspecified atom stereocenters. The van der Waals surface area contributed by atoms with E-state index in [2.05, 4.69) is 38.3 Å². The Labute approximate surface area is 189 Å². The third kappa shape index (κ3) is 4.48. The Morgan fingerprint density at radius 3 is 2.84 bits per heavy atom. The maximum absolute atomic E-state index is 12.1. The summed E-state index contributed by atoms with van der Waals surface area (Å²) in [5.41, 5.74) is 2.40. The molecule has 0 bridgehead atoms. The molecule has 1 aliphatic rings. The molecular weight excluding hydrogens is 426 g/mol. The number of rotatable bonds is 6. The number of hydrogen-bond acceptors (Lipinski definition) is 6. The van der Waals surface area contributed by atoms with Crippen molar-refractivity contribution in [3.8, 4) is 0 Å². The Bertz CT molecular complexity index is 1240. The number of aryl methyl sites for hydroxylation is 1. The molecule has 0 amide bonds. The fourth-order valence-electron chi connectivity index (χ4n) is 4.40. The van der Waals surface area contributed by atoms with Crippen LogP contribution in [0.2, 0.25) is 0 Å². The van der Waals surface area contributed by atoms with Gasteiger partial charge >= 0.3 is 5.63 Å². The van der Waals surface area contributed by atoms with Gasteiger partial charge in [-0.05, 0) is 48.4 Å². The van der Waals surface area contributed by atoms with Crippen molar-refractivity contribution in [2.24, 2.45) is 0 Å². The zero-order valence-electron chi connectivity index (χ0n) is 17.5. The second-order valence-corrected chi connectivity index (χ2v) is 10.2. The maximum atomic E-state index is 12.1. The molecule has 0 spiro atoms. The normalized spacial score (nSPS) is 15.0. The summed E-state index contributed by atoms with van der Waals surface area (Å²) in [4.78, 5) is 13.4. The molecule has 4 aromatic rings. The van der Waals surface area contributed by atoms with Gasteiger partial charge in [0.05, 0.1) is 0 Å². The van der Waals surface area contributed by atoms with Gasteiger partial charge in [0.25, 0.3) is 0 Å². The smallest absolute Gasteiger partial charge is 0.336 e. The van der Waals surface area contributed by atoms with E-state index in [9.17, 15) is 4.79 Å². The topological polar surface area (TPSA) is 60.9 Å². The van der Waals surface area contributed by atoms with Crippen LogP contribution in [0.5, 0.6) is 0 Å². The fraction of sp³-hybridized carbons (Fsp3) is 0.375. The molecule has 7 heteroatoms. The van der Waals surface area contributed by atoms with E-state index in [0.29, 0.717) is 17.4 Å². The van der Waals surface area contributed by atoms with E-state index in [-0.39, 0.29) is 5.63 Å². The molecule has 1 aromatic carbocycles. The minimum atomic E-state index is -0.305. The maximum Gasteiger partial charge on any atom is 0.336 e. The Kier molecular flexibility index (Phi) is 5.96. The van der Waals surface area contributed by atoms with Crippen LogP contribution in [-0.4, -0.2) is 14.8 Å². The van der Waals surface area contributed by atoms with Gasteiger partial charge in [-0.3, -0.25) is 0 Å². The minimum Gasteiger partial charge on any atom is -0.423 e. The van der Waals surface area contributed by atoms with Crippen molar-refractivity contribution in [3.05, 3.63) is 74.0 Å². The minimum absolute atomic E-state index is 0.305. The number of fused-ring (bicyclic) bond motifs is 1. The van der Waals surface area contributed by atoms with Crippen molar-refractivity contribution in [2.45, 2.75) is 62.4 Å². The summed E-state index contributed by atoms with van der Waals surface area (Å²) < 4.78 is 7.80. The van der Waals surface area contributed by atoms with Gasteiger partial charge in [0.1, 0.15) is 11.4 Å². The van der Waals surface area contributed by atoms with Gasteiger partial charge < -0.3 is 8.98 Å². The van der Waals surface area contributed by atoms with E-state index >= 15 is 0 Å². The quantitative estimate of drug-likeness (QED) is 0.260. The van der Waals surface area contributed by atoms with Crippen LogP contribution < -0.4 is 5.63 Å². The summed E-state index contributed by atoms with van der Waals surface area (Å²) in [5, 5.41) is 13.2. The van der Waals surface area contributed by atoms with Gasteiger partial charge in [0.2, 0.25) is 0 Å². The molecule has 0 atom stereocenters. The Morgan fingerprint density at radius 1 is 1.16 bits per heavy atom. The number of thiophene rings is 1. The molecular formula is C24H25N3O2S2. The lowest BCUT2D eigenvalue weighted by Gasteiger charge is -2.25. The largest absolute Gasteiger partial charge is 0.423 e. The zero-order chi connectivity index (χ0) is 21.2. The van der Waals surface area contributed by atoms with Crippen LogP contribution in [-0.2, 0) is 12.2 Å². The van der Waals surface area contributed by atoms with Crippen molar-refractivity contribution < 1.29 is 4.42 Å². The van der Waals surface area contributed by atoms with Crippen LogP contribution in [0.15, 0.2) is 56.1 Å². The van der Waals surface area contributed by atoms with Gasteiger partial charge in [-0.1, -0.05) is 49.2 Å². The molecule has 31 heavy (non-hydrogen) atoms. The second-order valence-electron chi connectivity index (χ2n) is 8.20. The standard InChI is InChI=1S/C24H25N3O2S2/c1-16-9-10-20-17(13-23(28)29-21(20)12-16)15-31-24-26-25-22(14-19-8-5-11-30-19)27(24)18-6-3-2-4-7-18/h5,8-13,18H,2-4,6-7,14-15H2,1H3. The third-order valence-electron chi connectivity index (χ3n) is 5.93. The molecule has 3 aromatic heterocycles. The number of benzene rings is 1. The molecule has 5 rings (SSSR count). The predicted octanol–water partition coefficient (Wildman–Crippen LogP) is 6.14. The number of thioether (sulfide) groups is 1. The second kappa shape index (κ2) is 9.01. The summed E-state index contributed by atoms with van der Waals surface area (Å²) in [5.74, 6) is 1.71. The molecule has 0 saturated heterocycles. The highest BCUT2D eigenvalue weighted by Crippen LogP contribution is 2.35. The lowest BCUT2D eigenvalue weighted by molar-refractivity contribution is 0.330. The fourth-order valence-corrected chi connectivity index (χ4v) is 6.12. The van der Waals surface area contributed by atoms with E-state index in [4.69, 9.17) is 4.42 Å². The Morgan fingerprint density at radius 2 is 2.03 bits per heavy atom. The molecule has 1 fully saturated rings. The van der Waals surface area contributed by atoms with Crippen LogP contribution in [0.3, 0.4) is 0 Å². The first kappa shape index (κ1) is 20.5. The summed E-state index contributed by atoms with van der Waals surface area (Å²) in [6.45, 7) is 2.00. The van der Waals surface area contributed by atoms with Crippen LogP contribution >= 0.6 is 23.1 Å². The molecule has 0 aliphatic heterocycles. The highest BCUT2D eigenvalue weighted by molar-refractivity contribution is 7.98. The lowest BCUT2D eigenvalue weighted by Crippen LogP contribution is -2.16. The molecule has 1 aliphatic carbocycles. The predicted molar refractivity (Wildman–Crippen MR) is 126 cm³/mol. The zero-order valence-corrected chi connectivity index (χ0v) is 19.2. The summed E-state index contributed by atoms with van der Waals surface area (Å²) in [6, 6.07) is 12.3. The van der Waals surface area contributed by atoms with Crippen molar-refractivity contribution in [3.63, 3.8) is 0 Å². The van der Waals surface area contributed by atoms with Gasteiger partial charge in [0.15, 0.2) is 5.16 Å². The SMILES string of the molecule is Cc1ccc2c(CSc3nnc(Cc4cccs4)n3C3CCCCC3)cc(=O)oc2c1. The molecule has 5 nitrogen and oxygen atoms in total. The summed E-state index contributed by atoms with van der Waals surface area (Å²) >= 11 is 3.43. The Balaban J connectivity index is 1.46. The lowest BCUT2D eigenvalue weighted by atomic mass is 9.95. The van der Waals surface area contributed by atoms with E-state index in [0.717, 1.165) is 33.9 Å². The van der Waals surface area contributed by atoms with Crippen molar-refractivity contribution in [1.82, 2.24) is 14.8 Å². The number of hydrogen-bond donors (Lipinski definition) is 0. The van der Waals surface area contributed by atoms with Gasteiger partial charge in [-0.15, -0.1) is 21.5 Å². The van der Waals surface area contributed by atoms with Gasteiger partial charge in [-0.25, -0.2) is 4.79 Å². The highest BCUT2D eigenvalue weighted by atomic mass is 32.2. The monoisotopic (exact) mass is 451 g/mol. The number of nitrogens with zero attached hydrogens (tertiary/aromatic N) is 3. The summed E-state index contributed by atoms with van der Waals surface area (Å²) in [6.07, 6.45) is 7.01. The third-order valence-corrected chi connectivity index (χ3v) is 7.80. The molecule has 0 N–H and O–H groups in total. The van der Waals surface area contributed by atoms with Crippen molar-refractivity contribution in [1.29, 1.82) is 0 Å². The van der Waals surface area contributed by atoms with Crippen molar-refractivity contribution >= 4 is 34.1 Å². The van der Waals surface area contributed by atoms with E-state index in [1.54, 1.807) is 29.2 Å². The Hall–Kier alpha value is -2.38. The summed E-state index contributed by atoms with van der Waals surface area (Å²) in [7, 11) is 0. The van der Waals surface area contributed by atoms with Gasteiger partial charge in [-0.2, -0.15) is 0 Å². The first-order valence-electron chi connectivity index (χ1n) is 10.8. The highest BCUT2D eigenvalue weighted by Gasteiger charge is 2.23. The van der Waals surface area contributed by atoms with Crippen LogP contribution in [0, 0.1) is 6.92 Å². The van der Waals surface area contributed by atoms with Crippen LogP contribution in [0.1, 0.15) is 60.0 Å². The molecule has 3 heterocycles. The van der Waals surface area contributed by atoms with Crippen molar-refractivity contribution in [2.75, 3.05) is 0 Å². The van der Waals surface area contributed by atoms with E-state index in [1.807, 2.05) is 19.1 Å². The first-order valence-corrected chi connectivity index (χ1v) is 12.7.